The van der Waals surface area contributed by atoms with Gasteiger partial charge in [-0.05, 0) is 19.1 Å². The number of hydrogen-bond donors (Lipinski definition) is 2. The maximum Gasteiger partial charge on any atom is 0.411 e. The standard InChI is InChI=1S/C13H17F3N2O2/c1-9-3-4-11(17-2)10(7-9)12(19)18-5-6-20-8-13(14,15)16/h3-4,7,17H,5-6,8H2,1-2H3,(H,18,19). The van der Waals surface area contributed by atoms with E-state index in [-0.39, 0.29) is 19.1 Å². The number of rotatable bonds is 6. The number of anilines is 1. The second-order valence-electron chi connectivity index (χ2n) is 4.22. The van der Waals surface area contributed by atoms with Crippen LogP contribution in [0.3, 0.4) is 0 Å². The molecule has 0 aliphatic rings. The molecule has 4 nitrogen and oxygen atoms in total. The number of ether oxygens (including phenoxy) is 1. The molecular formula is C13H17F3N2O2. The normalized spacial score (nSPS) is 11.2. The molecule has 0 aliphatic heterocycles. The molecule has 2 N–H and O–H groups in total. The second-order valence-corrected chi connectivity index (χ2v) is 4.22. The summed E-state index contributed by atoms with van der Waals surface area (Å²) in [5.41, 5.74) is 2.02. The molecule has 0 bridgehead atoms. The highest BCUT2D eigenvalue weighted by Crippen LogP contribution is 2.16. The summed E-state index contributed by atoms with van der Waals surface area (Å²) in [6.45, 7) is 0.371. The molecule has 1 aromatic carbocycles. The van der Waals surface area contributed by atoms with Crippen molar-refractivity contribution < 1.29 is 22.7 Å². The van der Waals surface area contributed by atoms with Gasteiger partial charge in [0.1, 0.15) is 6.61 Å². The topological polar surface area (TPSA) is 50.4 Å². The van der Waals surface area contributed by atoms with E-state index in [0.717, 1.165) is 5.56 Å². The van der Waals surface area contributed by atoms with E-state index in [9.17, 15) is 18.0 Å². The van der Waals surface area contributed by atoms with Crippen LogP contribution >= 0.6 is 0 Å². The molecule has 0 radical (unpaired) electrons. The molecule has 0 aromatic heterocycles. The van der Waals surface area contributed by atoms with Gasteiger partial charge in [0.2, 0.25) is 0 Å². The molecule has 0 heterocycles. The van der Waals surface area contributed by atoms with Crippen molar-refractivity contribution in [1.29, 1.82) is 0 Å². The van der Waals surface area contributed by atoms with Gasteiger partial charge in [0.05, 0.1) is 12.2 Å². The summed E-state index contributed by atoms with van der Waals surface area (Å²) >= 11 is 0. The highest BCUT2D eigenvalue weighted by atomic mass is 19.4. The fourth-order valence-electron chi connectivity index (χ4n) is 1.58. The van der Waals surface area contributed by atoms with Gasteiger partial charge in [0.15, 0.2) is 0 Å². The van der Waals surface area contributed by atoms with E-state index in [1.54, 1.807) is 19.2 Å². The molecule has 1 amide bonds. The zero-order chi connectivity index (χ0) is 15.2. The lowest BCUT2D eigenvalue weighted by atomic mass is 10.1. The summed E-state index contributed by atoms with van der Waals surface area (Å²) in [6.07, 6.45) is -4.35. The van der Waals surface area contributed by atoms with E-state index in [1.807, 2.05) is 13.0 Å². The first-order valence-electron chi connectivity index (χ1n) is 6.04. The molecule has 0 saturated heterocycles. The molecule has 0 spiro atoms. The molecule has 20 heavy (non-hydrogen) atoms. The maximum absolute atomic E-state index is 11.9. The summed E-state index contributed by atoms with van der Waals surface area (Å²) < 4.78 is 39.9. The van der Waals surface area contributed by atoms with Gasteiger partial charge < -0.3 is 15.4 Å². The minimum Gasteiger partial charge on any atom is -0.387 e. The first-order valence-corrected chi connectivity index (χ1v) is 6.04. The Hall–Kier alpha value is -1.76. The molecule has 112 valence electrons. The van der Waals surface area contributed by atoms with Crippen LogP contribution < -0.4 is 10.6 Å². The third-order valence-electron chi connectivity index (χ3n) is 2.49. The molecule has 0 aliphatic carbocycles. The van der Waals surface area contributed by atoms with Crippen molar-refractivity contribution in [1.82, 2.24) is 5.32 Å². The van der Waals surface area contributed by atoms with Crippen molar-refractivity contribution in [3.8, 4) is 0 Å². The smallest absolute Gasteiger partial charge is 0.387 e. The van der Waals surface area contributed by atoms with Gasteiger partial charge in [0.25, 0.3) is 5.91 Å². The molecular weight excluding hydrogens is 273 g/mol. The maximum atomic E-state index is 11.9. The summed E-state index contributed by atoms with van der Waals surface area (Å²) in [6, 6.07) is 5.33. The third kappa shape index (κ3) is 5.48. The zero-order valence-corrected chi connectivity index (χ0v) is 11.3. The Bertz CT molecular complexity index is 461. The number of hydrogen-bond acceptors (Lipinski definition) is 3. The lowest BCUT2D eigenvalue weighted by Crippen LogP contribution is -2.29. The number of halogens is 3. The van der Waals surface area contributed by atoms with Crippen LogP contribution in [0.4, 0.5) is 18.9 Å². The minimum absolute atomic E-state index is 0.0199. The van der Waals surface area contributed by atoms with Gasteiger partial charge in [0, 0.05) is 19.3 Å². The van der Waals surface area contributed by atoms with Crippen LogP contribution in [0.5, 0.6) is 0 Å². The number of nitrogens with one attached hydrogen (secondary N) is 2. The number of carbonyl (C=O) groups excluding carboxylic acids is 1. The SMILES string of the molecule is CNc1ccc(C)cc1C(=O)NCCOCC(F)(F)F. The predicted octanol–water partition coefficient (Wildman–Crippen LogP) is 2.35. The van der Waals surface area contributed by atoms with E-state index in [2.05, 4.69) is 15.4 Å². The van der Waals surface area contributed by atoms with Crippen LogP contribution in [0.15, 0.2) is 18.2 Å². The van der Waals surface area contributed by atoms with Gasteiger partial charge in [-0.15, -0.1) is 0 Å². The average Bonchev–Trinajstić information content (AvgIpc) is 2.36. The number of benzene rings is 1. The van der Waals surface area contributed by atoms with E-state index >= 15 is 0 Å². The fourth-order valence-corrected chi connectivity index (χ4v) is 1.58. The molecule has 1 rings (SSSR count). The van der Waals surface area contributed by atoms with E-state index in [0.29, 0.717) is 11.3 Å². The third-order valence-corrected chi connectivity index (χ3v) is 2.49. The molecule has 7 heteroatoms. The Kier molecular flexibility index (Phi) is 5.82. The highest BCUT2D eigenvalue weighted by Gasteiger charge is 2.27. The molecule has 0 unspecified atom stereocenters. The largest absolute Gasteiger partial charge is 0.411 e. The monoisotopic (exact) mass is 290 g/mol. The van der Waals surface area contributed by atoms with Crippen molar-refractivity contribution in [2.45, 2.75) is 13.1 Å². The Morgan fingerprint density at radius 2 is 2.05 bits per heavy atom. The second kappa shape index (κ2) is 7.14. The summed E-state index contributed by atoms with van der Waals surface area (Å²) in [5, 5.41) is 5.40. The molecule has 1 aromatic rings. The van der Waals surface area contributed by atoms with Crippen molar-refractivity contribution in [2.75, 3.05) is 32.1 Å². The Morgan fingerprint density at radius 1 is 1.35 bits per heavy atom. The minimum atomic E-state index is -4.35. The van der Waals surface area contributed by atoms with Gasteiger partial charge >= 0.3 is 6.18 Å². The molecule has 0 saturated carbocycles. The Labute approximate surface area is 115 Å². The first kappa shape index (κ1) is 16.3. The van der Waals surface area contributed by atoms with Gasteiger partial charge in [-0.25, -0.2) is 0 Å². The quantitative estimate of drug-likeness (QED) is 0.791. The van der Waals surface area contributed by atoms with E-state index in [1.165, 1.54) is 0 Å². The van der Waals surface area contributed by atoms with Crippen LogP contribution in [0, 0.1) is 6.92 Å². The number of alkyl halides is 3. The number of amides is 1. The lowest BCUT2D eigenvalue weighted by molar-refractivity contribution is -0.173. The fraction of sp³-hybridized carbons (Fsp3) is 0.462. The van der Waals surface area contributed by atoms with Crippen molar-refractivity contribution in [2.24, 2.45) is 0 Å². The molecule has 0 atom stereocenters. The van der Waals surface area contributed by atoms with Crippen LogP contribution in [-0.2, 0) is 4.74 Å². The summed E-state index contributed by atoms with van der Waals surface area (Å²) in [7, 11) is 1.69. The van der Waals surface area contributed by atoms with Crippen molar-refractivity contribution in [3.63, 3.8) is 0 Å². The number of aryl methyl sites for hydroxylation is 1. The van der Waals surface area contributed by atoms with Crippen molar-refractivity contribution in [3.05, 3.63) is 29.3 Å². The van der Waals surface area contributed by atoms with Gasteiger partial charge in [-0.1, -0.05) is 11.6 Å². The molecule has 0 fully saturated rings. The van der Waals surface area contributed by atoms with Crippen molar-refractivity contribution >= 4 is 11.6 Å². The average molecular weight is 290 g/mol. The summed E-state index contributed by atoms with van der Waals surface area (Å²) in [5.74, 6) is -0.353. The van der Waals surface area contributed by atoms with Crippen LogP contribution in [-0.4, -0.2) is 38.9 Å². The highest BCUT2D eigenvalue weighted by molar-refractivity contribution is 5.99. The van der Waals surface area contributed by atoms with Crippen LogP contribution in [0.2, 0.25) is 0 Å². The zero-order valence-electron chi connectivity index (χ0n) is 11.3. The van der Waals surface area contributed by atoms with Gasteiger partial charge in [-0.3, -0.25) is 4.79 Å². The lowest BCUT2D eigenvalue weighted by Gasteiger charge is -2.11. The van der Waals surface area contributed by atoms with Crippen LogP contribution in [0.1, 0.15) is 15.9 Å². The van der Waals surface area contributed by atoms with E-state index in [4.69, 9.17) is 0 Å². The van der Waals surface area contributed by atoms with Crippen LogP contribution in [0.25, 0.3) is 0 Å². The number of carbonyl (C=O) groups is 1. The Balaban J connectivity index is 2.45. The Morgan fingerprint density at radius 3 is 2.65 bits per heavy atom. The summed E-state index contributed by atoms with van der Waals surface area (Å²) in [4.78, 5) is 11.9. The van der Waals surface area contributed by atoms with E-state index < -0.39 is 12.8 Å². The van der Waals surface area contributed by atoms with Gasteiger partial charge in [-0.2, -0.15) is 13.2 Å². The predicted molar refractivity (Wildman–Crippen MR) is 69.9 cm³/mol. The first-order chi connectivity index (χ1) is 9.33.